The van der Waals surface area contributed by atoms with Crippen LogP contribution in [0, 0.1) is 12.8 Å². The molecule has 0 heterocycles. The van der Waals surface area contributed by atoms with Crippen LogP contribution in [0.1, 0.15) is 37.7 Å². The number of hydrogen-bond acceptors (Lipinski definition) is 3. The molecule has 5 nitrogen and oxygen atoms in total. The number of halogens is 1. The summed E-state index contributed by atoms with van der Waals surface area (Å²) in [6.45, 7) is 1.71. The molecule has 0 unspecified atom stereocenters. The van der Waals surface area contributed by atoms with Gasteiger partial charge >= 0.3 is 0 Å². The van der Waals surface area contributed by atoms with E-state index in [1.807, 2.05) is 0 Å². The Balaban J connectivity index is 2.04. The van der Waals surface area contributed by atoms with Crippen molar-refractivity contribution in [3.05, 3.63) is 28.2 Å². The van der Waals surface area contributed by atoms with E-state index in [2.05, 4.69) is 26.2 Å². The third-order valence-corrected chi connectivity index (χ3v) is 5.61. The van der Waals surface area contributed by atoms with E-state index in [-0.39, 0.29) is 16.7 Å². The van der Waals surface area contributed by atoms with Crippen molar-refractivity contribution in [1.82, 2.24) is 10.3 Å². The second kappa shape index (κ2) is 6.89. The molecule has 1 aliphatic rings. The molecule has 2 rings (SSSR count). The van der Waals surface area contributed by atoms with Gasteiger partial charge in [0, 0.05) is 10.4 Å². The predicted octanol–water partition coefficient (Wildman–Crippen LogP) is 2.65. The SMILES string of the molecule is Cc1ccc(Br)cc1S(=O)(=O)NNC(=O)C1CCCCC1. The number of benzene rings is 1. The average Bonchev–Trinajstić information content (AvgIpc) is 2.48. The molecule has 0 aliphatic heterocycles. The van der Waals surface area contributed by atoms with Crippen LogP contribution in [0.25, 0.3) is 0 Å². The Kier molecular flexibility index (Phi) is 5.40. The lowest BCUT2D eigenvalue weighted by Gasteiger charge is -2.21. The molecule has 2 N–H and O–H groups in total. The summed E-state index contributed by atoms with van der Waals surface area (Å²) in [6.07, 6.45) is 4.84. The normalized spacial score (nSPS) is 16.7. The summed E-state index contributed by atoms with van der Waals surface area (Å²) in [5.74, 6) is -0.337. The largest absolute Gasteiger partial charge is 0.277 e. The van der Waals surface area contributed by atoms with E-state index in [9.17, 15) is 13.2 Å². The van der Waals surface area contributed by atoms with Crippen LogP contribution in [0.3, 0.4) is 0 Å². The molecule has 1 fully saturated rings. The number of sulfonamides is 1. The fourth-order valence-corrected chi connectivity index (χ4v) is 4.13. The Morgan fingerprint density at radius 3 is 2.57 bits per heavy atom. The molecule has 116 valence electrons. The molecule has 0 atom stereocenters. The molecular weight excluding hydrogens is 356 g/mol. The van der Waals surface area contributed by atoms with E-state index in [1.54, 1.807) is 19.1 Å². The van der Waals surface area contributed by atoms with Gasteiger partial charge in [0.2, 0.25) is 5.91 Å². The van der Waals surface area contributed by atoms with Crippen molar-refractivity contribution in [2.45, 2.75) is 43.9 Å². The fraction of sp³-hybridized carbons (Fsp3) is 0.500. The van der Waals surface area contributed by atoms with Crippen molar-refractivity contribution in [3.63, 3.8) is 0 Å². The van der Waals surface area contributed by atoms with Crippen molar-refractivity contribution >= 4 is 31.9 Å². The molecule has 0 radical (unpaired) electrons. The lowest BCUT2D eigenvalue weighted by molar-refractivity contribution is -0.126. The van der Waals surface area contributed by atoms with Crippen LogP contribution in [-0.4, -0.2) is 14.3 Å². The summed E-state index contributed by atoms with van der Waals surface area (Å²) in [6, 6.07) is 5.00. The standard InChI is InChI=1S/C14H19BrN2O3S/c1-10-7-8-12(15)9-13(10)21(19,20)17-16-14(18)11-5-3-2-4-6-11/h7-9,11,17H,2-6H2,1H3,(H,16,18). The molecule has 1 aliphatic carbocycles. The van der Waals surface area contributed by atoms with Gasteiger partial charge in [0.05, 0.1) is 4.90 Å². The number of carbonyl (C=O) groups excluding carboxylic acids is 1. The Morgan fingerprint density at radius 1 is 1.24 bits per heavy atom. The van der Waals surface area contributed by atoms with Gasteiger partial charge < -0.3 is 0 Å². The monoisotopic (exact) mass is 374 g/mol. The van der Waals surface area contributed by atoms with Gasteiger partial charge in [0.1, 0.15) is 0 Å². The first kappa shape index (κ1) is 16.5. The minimum atomic E-state index is -3.76. The first-order valence-corrected chi connectivity index (χ1v) is 9.25. The van der Waals surface area contributed by atoms with Crippen LogP contribution in [0.2, 0.25) is 0 Å². The second-order valence-electron chi connectivity index (χ2n) is 5.34. The van der Waals surface area contributed by atoms with Crippen LogP contribution in [-0.2, 0) is 14.8 Å². The highest BCUT2D eigenvalue weighted by atomic mass is 79.9. The molecule has 7 heteroatoms. The summed E-state index contributed by atoms with van der Waals surface area (Å²) in [5, 5.41) is 0. The minimum absolute atomic E-state index is 0.0925. The van der Waals surface area contributed by atoms with Crippen LogP contribution in [0.15, 0.2) is 27.6 Å². The fourth-order valence-electron chi connectivity index (χ4n) is 2.50. The van der Waals surface area contributed by atoms with E-state index in [1.165, 1.54) is 6.07 Å². The Hall–Kier alpha value is -0.920. The van der Waals surface area contributed by atoms with Gasteiger partial charge in [-0.2, -0.15) is 0 Å². The van der Waals surface area contributed by atoms with Crippen molar-refractivity contribution in [3.8, 4) is 0 Å². The van der Waals surface area contributed by atoms with Gasteiger partial charge in [0.25, 0.3) is 10.0 Å². The molecule has 0 spiro atoms. The Morgan fingerprint density at radius 2 is 1.90 bits per heavy atom. The smallest absolute Gasteiger partial charge is 0.257 e. The first-order chi connectivity index (χ1) is 9.90. The van der Waals surface area contributed by atoms with Gasteiger partial charge in [-0.25, -0.2) is 8.42 Å². The molecule has 0 aromatic heterocycles. The van der Waals surface area contributed by atoms with E-state index < -0.39 is 10.0 Å². The van der Waals surface area contributed by atoms with Gasteiger partial charge in [0.15, 0.2) is 0 Å². The summed E-state index contributed by atoms with van der Waals surface area (Å²) in [5.41, 5.74) is 2.97. The number of rotatable bonds is 4. The van der Waals surface area contributed by atoms with Crippen molar-refractivity contribution in [1.29, 1.82) is 0 Å². The summed E-state index contributed by atoms with van der Waals surface area (Å²) >= 11 is 3.25. The second-order valence-corrected chi connectivity index (χ2v) is 7.91. The van der Waals surface area contributed by atoms with Gasteiger partial charge in [-0.15, -0.1) is 4.83 Å². The zero-order valence-corrected chi connectivity index (χ0v) is 14.3. The molecular formula is C14H19BrN2O3S. The number of hydrazine groups is 1. The zero-order valence-electron chi connectivity index (χ0n) is 11.9. The third kappa shape index (κ3) is 4.28. The maximum absolute atomic E-state index is 12.2. The number of hydrogen-bond donors (Lipinski definition) is 2. The topological polar surface area (TPSA) is 75.3 Å². The van der Waals surface area contributed by atoms with Crippen LogP contribution >= 0.6 is 15.9 Å². The van der Waals surface area contributed by atoms with E-state index in [4.69, 9.17) is 0 Å². The summed E-state index contributed by atoms with van der Waals surface area (Å²) < 4.78 is 25.2. The van der Waals surface area contributed by atoms with E-state index in [0.29, 0.717) is 10.0 Å². The maximum Gasteiger partial charge on any atom is 0.257 e. The molecule has 0 saturated heterocycles. The van der Waals surface area contributed by atoms with Crippen molar-refractivity contribution < 1.29 is 13.2 Å². The zero-order chi connectivity index (χ0) is 15.5. The van der Waals surface area contributed by atoms with Crippen LogP contribution < -0.4 is 10.3 Å². The quantitative estimate of drug-likeness (QED) is 0.795. The van der Waals surface area contributed by atoms with E-state index >= 15 is 0 Å². The maximum atomic E-state index is 12.2. The van der Waals surface area contributed by atoms with Gasteiger partial charge in [-0.3, -0.25) is 10.2 Å². The molecule has 0 bridgehead atoms. The highest BCUT2D eigenvalue weighted by Gasteiger charge is 2.23. The summed E-state index contributed by atoms with van der Waals surface area (Å²) in [7, 11) is -3.76. The average molecular weight is 375 g/mol. The molecule has 21 heavy (non-hydrogen) atoms. The predicted molar refractivity (Wildman–Crippen MR) is 83.9 cm³/mol. The van der Waals surface area contributed by atoms with E-state index in [0.717, 1.165) is 32.1 Å². The molecule has 1 aromatic rings. The Bertz CT molecular complexity index is 625. The number of carbonyl (C=O) groups is 1. The van der Waals surface area contributed by atoms with Crippen molar-refractivity contribution in [2.24, 2.45) is 5.92 Å². The number of amides is 1. The van der Waals surface area contributed by atoms with Gasteiger partial charge in [-0.1, -0.05) is 41.3 Å². The Labute approximate surface area is 133 Å². The lowest BCUT2D eigenvalue weighted by Crippen LogP contribution is -2.45. The highest BCUT2D eigenvalue weighted by Crippen LogP contribution is 2.24. The van der Waals surface area contributed by atoms with Crippen molar-refractivity contribution in [2.75, 3.05) is 0 Å². The lowest BCUT2D eigenvalue weighted by atomic mass is 9.89. The molecule has 1 saturated carbocycles. The van der Waals surface area contributed by atoms with Gasteiger partial charge in [-0.05, 0) is 37.5 Å². The first-order valence-electron chi connectivity index (χ1n) is 6.98. The minimum Gasteiger partial charge on any atom is -0.277 e. The third-order valence-electron chi connectivity index (χ3n) is 3.72. The summed E-state index contributed by atoms with van der Waals surface area (Å²) in [4.78, 5) is 14.3. The van der Waals surface area contributed by atoms with Crippen LogP contribution in [0.4, 0.5) is 0 Å². The highest BCUT2D eigenvalue weighted by molar-refractivity contribution is 9.10. The molecule has 1 amide bonds. The molecule has 1 aromatic carbocycles. The number of nitrogens with one attached hydrogen (secondary N) is 2. The van der Waals surface area contributed by atoms with Crippen LogP contribution in [0.5, 0.6) is 0 Å². The number of aryl methyl sites for hydroxylation is 1.